The molecule has 0 spiro atoms. The molecule has 12 nitrogen and oxygen atoms in total. The van der Waals surface area contributed by atoms with Crippen LogP contribution in [0, 0.1) is 35.5 Å². The number of aliphatic imine (C=N–C) groups is 1. The van der Waals surface area contributed by atoms with E-state index in [1.165, 1.54) is 0 Å². The lowest BCUT2D eigenvalue weighted by molar-refractivity contribution is -0.0131. The molecule has 3 aromatic carbocycles. The van der Waals surface area contributed by atoms with E-state index < -0.39 is 39.0 Å². The van der Waals surface area contributed by atoms with Crippen LogP contribution in [-0.4, -0.2) is 70.5 Å². The van der Waals surface area contributed by atoms with Gasteiger partial charge >= 0.3 is 0 Å². The van der Waals surface area contributed by atoms with Crippen LogP contribution in [0.4, 0.5) is 0 Å². The number of benzene rings is 3. The largest absolute Gasteiger partial charge is 0.508 e. The average molecular weight is 786 g/mol. The highest BCUT2D eigenvalue weighted by molar-refractivity contribution is 7.86. The molecular weight excluding hydrogens is 735 g/mol. The van der Waals surface area contributed by atoms with Gasteiger partial charge in [-0.25, -0.2) is 4.99 Å². The van der Waals surface area contributed by atoms with E-state index in [0.29, 0.717) is 49.0 Å². The number of ether oxygens (including phenoxy) is 2. The van der Waals surface area contributed by atoms with Crippen LogP contribution >= 0.6 is 0 Å². The van der Waals surface area contributed by atoms with Crippen molar-refractivity contribution in [3.63, 3.8) is 0 Å². The molecule has 10 rings (SSSR count). The molecule has 13 heteroatoms. The maximum Gasteiger partial charge on any atom is 0.268 e. The predicted molar refractivity (Wildman–Crippen MR) is 211 cm³/mol. The highest BCUT2D eigenvalue weighted by Crippen LogP contribution is 2.53. The van der Waals surface area contributed by atoms with Gasteiger partial charge in [0.15, 0.2) is 5.96 Å². The molecule has 9 N–H and O–H groups in total. The summed E-state index contributed by atoms with van der Waals surface area (Å²) in [6.07, 6.45) is 4.16. The van der Waals surface area contributed by atoms with Gasteiger partial charge in [-0.2, -0.15) is 8.42 Å². The molecule has 0 radical (unpaired) electrons. The Labute approximate surface area is 328 Å². The fraction of sp³-hybridized carbons (Fsp3) is 0.465. The first kappa shape index (κ1) is 39.8. The summed E-state index contributed by atoms with van der Waals surface area (Å²) in [5.41, 5.74) is 15.2. The van der Waals surface area contributed by atoms with Crippen molar-refractivity contribution in [2.75, 3.05) is 19.8 Å². The number of aliphatic hydroxyl groups excluding tert-OH is 3. The zero-order valence-electron chi connectivity index (χ0n) is 31.2. The second kappa shape index (κ2) is 16.6. The minimum atomic E-state index is -4.59. The van der Waals surface area contributed by atoms with Crippen LogP contribution < -0.4 is 16.2 Å². The summed E-state index contributed by atoms with van der Waals surface area (Å²) in [5.74, 6) is 4.96. The summed E-state index contributed by atoms with van der Waals surface area (Å²) in [6, 6.07) is 19.8. The minimum Gasteiger partial charge on any atom is -0.508 e. The zero-order chi connectivity index (χ0) is 39.6. The predicted octanol–water partition coefficient (Wildman–Crippen LogP) is 4.41. The second-order valence-electron chi connectivity index (χ2n) is 15.8. The van der Waals surface area contributed by atoms with Crippen LogP contribution in [0.3, 0.4) is 0 Å². The fourth-order valence-electron chi connectivity index (χ4n) is 9.41. The number of aryl methyl sites for hydroxylation is 1. The third kappa shape index (κ3) is 8.46. The van der Waals surface area contributed by atoms with Crippen LogP contribution in [0.15, 0.2) is 83.4 Å². The summed E-state index contributed by atoms with van der Waals surface area (Å²) < 4.78 is 51.9. The van der Waals surface area contributed by atoms with Gasteiger partial charge in [-0.05, 0) is 103 Å². The van der Waals surface area contributed by atoms with Crippen molar-refractivity contribution in [2.45, 2.75) is 80.5 Å². The van der Waals surface area contributed by atoms with Gasteiger partial charge in [0.05, 0.1) is 11.4 Å². The van der Waals surface area contributed by atoms with E-state index in [-0.39, 0.29) is 74.6 Å². The van der Waals surface area contributed by atoms with E-state index in [2.05, 4.69) is 16.8 Å². The maximum absolute atomic E-state index is 13.6. The van der Waals surface area contributed by atoms with Crippen LogP contribution in [0.1, 0.15) is 84.8 Å². The average Bonchev–Trinajstić information content (AvgIpc) is 3.29. The summed E-state index contributed by atoms with van der Waals surface area (Å²) in [7, 11) is -4.59. The Morgan fingerprint density at radius 3 is 2.46 bits per heavy atom. The van der Waals surface area contributed by atoms with E-state index in [0.717, 1.165) is 22.3 Å². The number of nitrogens with zero attached hydrogens (tertiary/aromatic N) is 1. The van der Waals surface area contributed by atoms with Crippen molar-refractivity contribution in [3.05, 3.63) is 106 Å². The molecule has 8 bridgehead atoms. The SMILES string of the molecule is NC(N)=N[C@@]1(C[C@H](CO)CCO)Oc2ccc(cc2)CC[C@@H](S(=O)(=O)O)[C@H]2C=C3C[C@H](C[C@@H]4C[C@@H](CO)CC#Cc5cc(O)ccc5[C@@H]3O4)[C@H]2c2ccc1cc2. The van der Waals surface area contributed by atoms with Gasteiger partial charge in [-0.3, -0.25) is 4.55 Å². The number of hydrogen-bond donors (Lipinski definition) is 7. The second-order valence-corrected chi connectivity index (χ2v) is 17.4. The van der Waals surface area contributed by atoms with Crippen molar-refractivity contribution in [3.8, 4) is 23.3 Å². The lowest BCUT2D eigenvalue weighted by Gasteiger charge is -2.40. The lowest BCUT2D eigenvalue weighted by Crippen LogP contribution is -2.39. The molecule has 6 aliphatic heterocycles. The van der Waals surface area contributed by atoms with Gasteiger partial charge in [-0.15, -0.1) is 0 Å². The van der Waals surface area contributed by atoms with Crippen molar-refractivity contribution in [2.24, 2.45) is 40.1 Å². The van der Waals surface area contributed by atoms with Crippen molar-refractivity contribution < 1.29 is 42.9 Å². The first-order valence-electron chi connectivity index (χ1n) is 19.4. The number of phenols is 1. The summed E-state index contributed by atoms with van der Waals surface area (Å²) in [5, 5.41) is 39.8. The Morgan fingerprint density at radius 1 is 1.02 bits per heavy atom. The number of phenolic OH excluding ortho intramolecular Hbond substituents is 1. The number of rotatable bonds is 8. The molecule has 7 aliphatic rings. The van der Waals surface area contributed by atoms with Gasteiger partial charge in [0.2, 0.25) is 5.72 Å². The smallest absolute Gasteiger partial charge is 0.268 e. The van der Waals surface area contributed by atoms with Crippen LogP contribution in [0.25, 0.3) is 0 Å². The normalized spacial score (nSPS) is 29.0. The summed E-state index contributed by atoms with van der Waals surface area (Å²) in [4.78, 5) is 4.64. The Hall–Kier alpha value is -4.42. The molecule has 1 fully saturated rings. The molecule has 1 saturated heterocycles. The number of guanidine groups is 1. The highest BCUT2D eigenvalue weighted by Gasteiger charge is 2.47. The molecule has 298 valence electrons. The molecule has 0 amide bonds. The number of fused-ring (bicyclic) bond motifs is 7. The minimum absolute atomic E-state index is 0.0637. The Bertz CT molecular complexity index is 2110. The van der Waals surface area contributed by atoms with Gasteiger partial charge in [-0.1, -0.05) is 60.4 Å². The fourth-order valence-corrected chi connectivity index (χ4v) is 10.5. The van der Waals surface area contributed by atoms with E-state index in [9.17, 15) is 33.4 Å². The summed E-state index contributed by atoms with van der Waals surface area (Å²) in [6.45, 7) is -0.468. The molecular formula is C43H51N3O9S. The standard InChI is InChI=1S/C43H51N3O9S/c44-42(45)46-43(23-28(25-49)16-17-47)33-9-7-29(8-10-33)40-31-19-32(22-38(40)39(56(51,52)53)15-6-26-4-12-35(55-43)13-5-26)41-37-14-11-34(50)20-30(37)3-1-2-27(24-48)18-36(21-31)54-41/h4-5,7-14,20,22,27-28,31,36,38-41,47-50H,2,6,15-19,21,23-25H2,(H4,44,45,46)(H,51,52,53)/t27-,28+,31+,36-,38+,39+,40+,41+,43-/m0/s1. The molecule has 0 saturated carbocycles. The highest BCUT2D eigenvalue weighted by atomic mass is 32.2. The number of hydrogen-bond acceptors (Lipinski definition) is 9. The number of aromatic hydroxyl groups is 1. The molecule has 6 heterocycles. The van der Waals surface area contributed by atoms with Crippen LogP contribution in [-0.2, 0) is 27.0 Å². The molecule has 3 aromatic rings. The maximum atomic E-state index is 13.6. The van der Waals surface area contributed by atoms with Crippen LogP contribution in [0.2, 0.25) is 0 Å². The van der Waals surface area contributed by atoms with Crippen molar-refractivity contribution >= 4 is 16.1 Å². The van der Waals surface area contributed by atoms with E-state index in [4.69, 9.17) is 20.9 Å². The van der Waals surface area contributed by atoms with Gasteiger partial charge in [0.1, 0.15) is 17.6 Å². The molecule has 0 aromatic heterocycles. The molecule has 0 unspecified atom stereocenters. The zero-order valence-corrected chi connectivity index (χ0v) is 32.0. The Balaban J connectivity index is 1.42. The van der Waals surface area contributed by atoms with Crippen LogP contribution in [0.5, 0.6) is 11.5 Å². The van der Waals surface area contributed by atoms with Gasteiger partial charge in [0, 0.05) is 55.3 Å². The molecule has 1 aliphatic carbocycles. The third-order valence-electron chi connectivity index (χ3n) is 12.0. The first-order chi connectivity index (χ1) is 26.9. The summed E-state index contributed by atoms with van der Waals surface area (Å²) >= 11 is 0. The number of nitrogens with two attached hydrogens (primary N) is 2. The number of allylic oxidation sites excluding steroid dienone is 1. The van der Waals surface area contributed by atoms with Crippen molar-refractivity contribution in [1.82, 2.24) is 0 Å². The Morgan fingerprint density at radius 2 is 1.79 bits per heavy atom. The first-order valence-corrected chi connectivity index (χ1v) is 20.9. The third-order valence-corrected chi connectivity index (χ3v) is 13.3. The number of aliphatic hydroxyl groups is 3. The molecule has 56 heavy (non-hydrogen) atoms. The van der Waals surface area contributed by atoms with Gasteiger partial charge < -0.3 is 41.4 Å². The van der Waals surface area contributed by atoms with E-state index in [1.807, 2.05) is 48.5 Å². The Kier molecular flexibility index (Phi) is 11.8. The molecule has 9 atom stereocenters. The monoisotopic (exact) mass is 785 g/mol. The van der Waals surface area contributed by atoms with E-state index in [1.54, 1.807) is 24.3 Å². The lowest BCUT2D eigenvalue weighted by atomic mass is 9.65. The van der Waals surface area contributed by atoms with Gasteiger partial charge in [0.25, 0.3) is 10.1 Å². The topological polar surface area (TPSA) is 218 Å². The van der Waals surface area contributed by atoms with Crippen molar-refractivity contribution in [1.29, 1.82) is 0 Å². The quantitative estimate of drug-likeness (QED) is 0.0558. The van der Waals surface area contributed by atoms with E-state index >= 15 is 0 Å².